The first-order chi connectivity index (χ1) is 15.8. The molecule has 33 heavy (non-hydrogen) atoms. The molecule has 0 spiro atoms. The smallest absolute Gasteiger partial charge is 0.216 e. The van der Waals surface area contributed by atoms with Crippen molar-refractivity contribution in [2.45, 2.75) is 52.0 Å². The molecule has 5 rings (SSSR count). The monoisotopic (exact) mass is 459 g/mol. The molecule has 3 heterocycles. The van der Waals surface area contributed by atoms with Crippen molar-refractivity contribution >= 4 is 32.8 Å². The van der Waals surface area contributed by atoms with Gasteiger partial charge in [0.1, 0.15) is 11.5 Å². The van der Waals surface area contributed by atoms with Crippen molar-refractivity contribution in [3.63, 3.8) is 0 Å². The van der Waals surface area contributed by atoms with Crippen molar-refractivity contribution in [2.24, 2.45) is 4.99 Å². The second kappa shape index (κ2) is 8.34. The van der Waals surface area contributed by atoms with Crippen LogP contribution in [-0.2, 0) is 0 Å². The Hall–Kier alpha value is -3.12. The van der Waals surface area contributed by atoms with Crippen LogP contribution in [0, 0.1) is 6.92 Å². The number of fused-ring (bicyclic) bond motifs is 1. The van der Waals surface area contributed by atoms with Crippen LogP contribution >= 0.6 is 11.3 Å². The van der Waals surface area contributed by atoms with E-state index < -0.39 is 6.04 Å². The Morgan fingerprint density at radius 1 is 1.30 bits per heavy atom. The maximum Gasteiger partial charge on any atom is 0.216 e. The van der Waals surface area contributed by atoms with Gasteiger partial charge in [-0.2, -0.15) is 0 Å². The highest BCUT2D eigenvalue weighted by Crippen LogP contribution is 2.42. The van der Waals surface area contributed by atoms with E-state index in [0.29, 0.717) is 35.0 Å². The van der Waals surface area contributed by atoms with E-state index in [1.807, 2.05) is 43.7 Å². The van der Waals surface area contributed by atoms with Crippen LogP contribution in [0.4, 0.5) is 10.1 Å². The van der Waals surface area contributed by atoms with Crippen LogP contribution in [0.25, 0.3) is 20.5 Å². The number of hydrogen-bond acceptors (Lipinski definition) is 4. The molecule has 3 aromatic rings. The lowest BCUT2D eigenvalue weighted by Crippen LogP contribution is -2.19. The van der Waals surface area contributed by atoms with Gasteiger partial charge in [0.25, 0.3) is 0 Å². The lowest BCUT2D eigenvalue weighted by molar-refractivity contribution is 0.443. The molecule has 1 fully saturated rings. The normalized spacial score (nSPS) is 18.6. The molecule has 1 unspecified atom stereocenters. The van der Waals surface area contributed by atoms with E-state index in [1.165, 1.54) is 18.9 Å². The first-order valence-electron chi connectivity index (χ1n) is 11.2. The number of allylic oxidation sites excluding steroid dienone is 5. The van der Waals surface area contributed by atoms with E-state index in [4.69, 9.17) is 0 Å². The highest BCUT2D eigenvalue weighted by Gasteiger charge is 2.26. The molecule has 0 saturated heterocycles. The molecular weight excluding hydrogens is 433 g/mol. The van der Waals surface area contributed by atoms with Crippen molar-refractivity contribution < 1.29 is 4.39 Å². The lowest BCUT2D eigenvalue weighted by atomic mass is 10.0. The second-order valence-corrected chi connectivity index (χ2v) is 10.0. The average Bonchev–Trinajstić information content (AvgIpc) is 3.56. The molecule has 0 radical (unpaired) electrons. The maximum absolute atomic E-state index is 14.8. The number of rotatable bonds is 5. The van der Waals surface area contributed by atoms with Crippen molar-refractivity contribution in [1.29, 1.82) is 0 Å². The molecule has 0 bridgehead atoms. The molecule has 1 saturated carbocycles. The van der Waals surface area contributed by atoms with Crippen LogP contribution in [0.3, 0.4) is 0 Å². The molecule has 2 aliphatic carbocycles. The van der Waals surface area contributed by atoms with Gasteiger partial charge in [0.05, 0.1) is 11.6 Å². The van der Waals surface area contributed by atoms with Crippen LogP contribution in [0.2, 0.25) is 0 Å². The van der Waals surface area contributed by atoms with Gasteiger partial charge in [-0.05, 0) is 63.8 Å². The molecule has 2 aliphatic rings. The van der Waals surface area contributed by atoms with Gasteiger partial charge in [0, 0.05) is 50.4 Å². The lowest BCUT2D eigenvalue weighted by Gasteiger charge is -2.24. The van der Waals surface area contributed by atoms with Crippen LogP contribution in [0.5, 0.6) is 0 Å². The number of nitrogens with zero attached hydrogens (tertiary/aromatic N) is 3. The summed E-state index contributed by atoms with van der Waals surface area (Å²) in [5.74, 6) is 0.341. The first-order valence-corrected chi connectivity index (χ1v) is 12.0. The molecule has 1 atom stereocenters. The van der Waals surface area contributed by atoms with Crippen molar-refractivity contribution in [1.82, 2.24) is 9.55 Å². The molecular formula is C27H26FN3OS. The number of halogens is 1. The molecule has 168 valence electrons. The summed E-state index contributed by atoms with van der Waals surface area (Å²) in [5.41, 5.74) is 3.97. The molecule has 0 aromatic carbocycles. The molecule has 3 aromatic heterocycles. The minimum absolute atomic E-state index is 0.151. The van der Waals surface area contributed by atoms with Gasteiger partial charge in [-0.25, -0.2) is 9.38 Å². The summed E-state index contributed by atoms with van der Waals surface area (Å²) in [4.78, 5) is 23.7. The van der Waals surface area contributed by atoms with Crippen LogP contribution in [-0.4, -0.2) is 15.3 Å². The molecule has 0 aliphatic heterocycles. The van der Waals surface area contributed by atoms with Gasteiger partial charge >= 0.3 is 0 Å². The number of aromatic nitrogens is 2. The van der Waals surface area contributed by atoms with Gasteiger partial charge in [-0.3, -0.25) is 9.78 Å². The fourth-order valence-corrected chi connectivity index (χ4v) is 5.21. The minimum atomic E-state index is -0.494. The van der Waals surface area contributed by atoms with E-state index in [0.717, 1.165) is 26.2 Å². The minimum Gasteiger partial charge on any atom is -0.339 e. The highest BCUT2D eigenvalue weighted by molar-refractivity contribution is 7.22. The van der Waals surface area contributed by atoms with Gasteiger partial charge in [-0.1, -0.05) is 18.7 Å². The Balaban J connectivity index is 1.72. The second-order valence-electron chi connectivity index (χ2n) is 8.95. The fourth-order valence-electron chi connectivity index (χ4n) is 4.12. The number of hydrogen-bond donors (Lipinski definition) is 0. The Morgan fingerprint density at radius 2 is 2.09 bits per heavy atom. The molecule has 0 N–H and O–H groups in total. The topological polar surface area (TPSA) is 47.2 Å². The summed E-state index contributed by atoms with van der Waals surface area (Å²) >= 11 is 1.58. The SMILES string of the molecule is C=C(C)C(C)=Nc1c(C)n(C2CC=CC=C2F)cc(-c2cc3cnc(C4CC4)cc3s2)c1=O. The molecule has 0 amide bonds. The van der Waals surface area contributed by atoms with Crippen LogP contribution < -0.4 is 5.43 Å². The Bertz CT molecular complexity index is 1440. The molecule has 6 heteroatoms. The van der Waals surface area contributed by atoms with Crippen molar-refractivity contribution in [3.8, 4) is 10.4 Å². The number of pyridine rings is 2. The fraction of sp³-hybridized carbons (Fsp3) is 0.296. The summed E-state index contributed by atoms with van der Waals surface area (Å²) in [6.07, 6.45) is 11.8. The van der Waals surface area contributed by atoms with Crippen molar-refractivity contribution in [3.05, 3.63) is 82.3 Å². The van der Waals surface area contributed by atoms with Gasteiger partial charge in [-0.15, -0.1) is 11.3 Å². The zero-order chi connectivity index (χ0) is 23.3. The van der Waals surface area contributed by atoms with E-state index in [1.54, 1.807) is 23.6 Å². The van der Waals surface area contributed by atoms with Crippen LogP contribution in [0.1, 0.15) is 56.5 Å². The predicted octanol–water partition coefficient (Wildman–Crippen LogP) is 7.33. The Morgan fingerprint density at radius 3 is 2.79 bits per heavy atom. The van der Waals surface area contributed by atoms with Crippen molar-refractivity contribution in [2.75, 3.05) is 0 Å². The van der Waals surface area contributed by atoms with Gasteiger partial charge < -0.3 is 4.57 Å². The number of aliphatic imine (C=N–C) groups is 1. The third kappa shape index (κ3) is 4.04. The quantitative estimate of drug-likeness (QED) is 0.375. The summed E-state index contributed by atoms with van der Waals surface area (Å²) in [6.45, 7) is 9.48. The summed E-state index contributed by atoms with van der Waals surface area (Å²) in [6, 6.07) is 3.66. The maximum atomic E-state index is 14.8. The summed E-state index contributed by atoms with van der Waals surface area (Å²) in [5, 5.41) is 1.01. The zero-order valence-electron chi connectivity index (χ0n) is 19.1. The third-order valence-electron chi connectivity index (χ3n) is 6.44. The highest BCUT2D eigenvalue weighted by atomic mass is 32.1. The van der Waals surface area contributed by atoms with Gasteiger partial charge in [0.2, 0.25) is 5.43 Å². The Kier molecular flexibility index (Phi) is 5.49. The standard InChI is InChI=1S/C27H26FN3OS/c1-15(2)16(3)30-26-17(4)31(23-8-6-5-7-21(23)28)14-20(27(26)32)25-11-19-13-29-22(18-9-10-18)12-24(19)33-25/h5-7,11-14,18,23H,1,8-10H2,2-4H3. The average molecular weight is 460 g/mol. The van der Waals surface area contributed by atoms with E-state index in [2.05, 4.69) is 22.6 Å². The van der Waals surface area contributed by atoms with E-state index in [9.17, 15) is 9.18 Å². The van der Waals surface area contributed by atoms with E-state index in [-0.39, 0.29) is 11.3 Å². The molecule has 4 nitrogen and oxygen atoms in total. The van der Waals surface area contributed by atoms with Gasteiger partial charge in [0.15, 0.2) is 0 Å². The predicted molar refractivity (Wildman–Crippen MR) is 136 cm³/mol. The first kappa shape index (κ1) is 21.7. The number of thiophene rings is 1. The summed E-state index contributed by atoms with van der Waals surface area (Å²) < 4.78 is 17.8. The third-order valence-corrected chi connectivity index (χ3v) is 7.57. The zero-order valence-corrected chi connectivity index (χ0v) is 19.9. The van der Waals surface area contributed by atoms with E-state index >= 15 is 0 Å². The largest absolute Gasteiger partial charge is 0.339 e. The van der Waals surface area contributed by atoms with Crippen LogP contribution in [0.15, 0.2) is 70.5 Å². The Labute approximate surface area is 196 Å². The summed E-state index contributed by atoms with van der Waals surface area (Å²) in [7, 11) is 0.